The van der Waals surface area contributed by atoms with Crippen LogP contribution in [0.3, 0.4) is 0 Å². The lowest BCUT2D eigenvalue weighted by atomic mass is 10.1. The molecule has 23 heavy (non-hydrogen) atoms. The van der Waals surface area contributed by atoms with Gasteiger partial charge < -0.3 is 10.2 Å². The van der Waals surface area contributed by atoms with Gasteiger partial charge in [-0.05, 0) is 66.3 Å². The van der Waals surface area contributed by atoms with E-state index in [0.717, 1.165) is 31.6 Å². The van der Waals surface area contributed by atoms with Gasteiger partial charge in [-0.1, -0.05) is 0 Å². The summed E-state index contributed by atoms with van der Waals surface area (Å²) in [4.78, 5) is 14.4. The first-order valence-electron chi connectivity index (χ1n) is 8.08. The minimum atomic E-state index is -0.320. The van der Waals surface area contributed by atoms with Crippen molar-refractivity contribution >= 4 is 28.6 Å². The Labute approximate surface area is 140 Å². The van der Waals surface area contributed by atoms with Crippen molar-refractivity contribution in [2.45, 2.75) is 32.1 Å². The van der Waals surface area contributed by atoms with Gasteiger partial charge in [0.05, 0.1) is 11.4 Å². The highest BCUT2D eigenvalue weighted by molar-refractivity contribution is 7.07. The fourth-order valence-corrected chi connectivity index (χ4v) is 3.63. The van der Waals surface area contributed by atoms with Crippen molar-refractivity contribution in [2.24, 2.45) is 0 Å². The number of anilines is 2. The standard InChI is InChI=1S/C18H21FN2OS/c19-15-5-6-17(21-9-2-1-3-10-21)16(12-15)20-18(22)7-4-14-8-11-23-13-14/h5-6,8,11-13H,1-4,7,9-10H2,(H,20,22). The molecule has 1 aliphatic heterocycles. The van der Waals surface area contributed by atoms with Crippen molar-refractivity contribution in [2.75, 3.05) is 23.3 Å². The molecule has 1 saturated heterocycles. The Balaban J connectivity index is 1.67. The number of aryl methyl sites for hydroxylation is 1. The highest BCUT2D eigenvalue weighted by Gasteiger charge is 2.16. The van der Waals surface area contributed by atoms with Crippen molar-refractivity contribution in [3.63, 3.8) is 0 Å². The molecule has 0 atom stereocenters. The molecule has 1 amide bonds. The summed E-state index contributed by atoms with van der Waals surface area (Å²) in [5, 5.41) is 6.95. The number of carbonyl (C=O) groups excluding carboxylic acids is 1. The van der Waals surface area contributed by atoms with Crippen molar-refractivity contribution in [1.82, 2.24) is 0 Å². The quantitative estimate of drug-likeness (QED) is 0.877. The number of nitrogens with one attached hydrogen (secondary N) is 1. The summed E-state index contributed by atoms with van der Waals surface area (Å²) in [7, 11) is 0. The van der Waals surface area contributed by atoms with Crippen LogP contribution in [0.1, 0.15) is 31.2 Å². The van der Waals surface area contributed by atoms with Gasteiger partial charge in [0.15, 0.2) is 0 Å². The molecule has 1 N–H and O–H groups in total. The molecule has 5 heteroatoms. The Morgan fingerprint density at radius 1 is 1.22 bits per heavy atom. The number of thiophene rings is 1. The largest absolute Gasteiger partial charge is 0.370 e. The average Bonchev–Trinajstić information content (AvgIpc) is 3.07. The van der Waals surface area contributed by atoms with E-state index in [2.05, 4.69) is 15.6 Å². The van der Waals surface area contributed by atoms with Gasteiger partial charge in [0.2, 0.25) is 5.91 Å². The van der Waals surface area contributed by atoms with E-state index >= 15 is 0 Å². The average molecular weight is 332 g/mol. The third kappa shape index (κ3) is 4.32. The maximum absolute atomic E-state index is 13.6. The SMILES string of the molecule is O=C(CCc1ccsc1)Nc1cc(F)ccc1N1CCCCC1. The summed E-state index contributed by atoms with van der Waals surface area (Å²) < 4.78 is 13.6. The van der Waals surface area contributed by atoms with Crippen LogP contribution in [0.15, 0.2) is 35.0 Å². The molecule has 0 unspecified atom stereocenters. The van der Waals surface area contributed by atoms with Gasteiger partial charge in [0, 0.05) is 19.5 Å². The van der Waals surface area contributed by atoms with Crippen LogP contribution in [0.5, 0.6) is 0 Å². The molecule has 1 aliphatic rings. The Bertz CT molecular complexity index is 651. The number of hydrogen-bond donors (Lipinski definition) is 1. The van der Waals surface area contributed by atoms with E-state index in [0.29, 0.717) is 18.5 Å². The number of rotatable bonds is 5. The molecule has 0 spiro atoms. The molecule has 122 valence electrons. The number of benzene rings is 1. The molecule has 3 nitrogen and oxygen atoms in total. The van der Waals surface area contributed by atoms with E-state index in [-0.39, 0.29) is 11.7 Å². The molecule has 0 bridgehead atoms. The van der Waals surface area contributed by atoms with Crippen LogP contribution in [0, 0.1) is 5.82 Å². The lowest BCUT2D eigenvalue weighted by Crippen LogP contribution is -2.30. The zero-order chi connectivity index (χ0) is 16.1. The fourth-order valence-electron chi connectivity index (χ4n) is 2.92. The number of nitrogens with zero attached hydrogens (tertiary/aromatic N) is 1. The summed E-state index contributed by atoms with van der Waals surface area (Å²) in [5.41, 5.74) is 2.68. The minimum Gasteiger partial charge on any atom is -0.370 e. The molecule has 0 aliphatic carbocycles. The first-order valence-corrected chi connectivity index (χ1v) is 9.02. The molecule has 1 aromatic heterocycles. The van der Waals surface area contributed by atoms with Crippen molar-refractivity contribution < 1.29 is 9.18 Å². The number of carbonyl (C=O) groups is 1. The summed E-state index contributed by atoms with van der Waals surface area (Å²) in [6.45, 7) is 1.92. The second-order valence-electron chi connectivity index (χ2n) is 5.89. The molecule has 2 aromatic rings. The third-order valence-corrected chi connectivity index (χ3v) is 4.88. The monoisotopic (exact) mass is 332 g/mol. The van der Waals surface area contributed by atoms with Crippen LogP contribution in [0.4, 0.5) is 15.8 Å². The number of piperidine rings is 1. The second kappa shape index (κ2) is 7.59. The Morgan fingerprint density at radius 3 is 2.78 bits per heavy atom. The topological polar surface area (TPSA) is 32.3 Å². The second-order valence-corrected chi connectivity index (χ2v) is 6.67. The van der Waals surface area contributed by atoms with Crippen molar-refractivity contribution in [3.05, 3.63) is 46.4 Å². The Hall–Kier alpha value is -1.88. The van der Waals surface area contributed by atoms with Crippen molar-refractivity contribution in [3.8, 4) is 0 Å². The molecule has 1 aromatic carbocycles. The number of halogens is 1. The third-order valence-electron chi connectivity index (χ3n) is 4.15. The van der Waals surface area contributed by atoms with E-state index in [9.17, 15) is 9.18 Å². The van der Waals surface area contributed by atoms with Gasteiger partial charge >= 0.3 is 0 Å². The van der Waals surface area contributed by atoms with E-state index in [1.807, 2.05) is 11.4 Å². The first-order chi connectivity index (χ1) is 11.2. The number of amides is 1. The summed E-state index contributed by atoms with van der Waals surface area (Å²) in [6.07, 6.45) is 4.64. The van der Waals surface area contributed by atoms with Gasteiger partial charge in [-0.15, -0.1) is 0 Å². The maximum Gasteiger partial charge on any atom is 0.224 e. The van der Waals surface area contributed by atoms with Gasteiger partial charge in [-0.25, -0.2) is 4.39 Å². The lowest BCUT2D eigenvalue weighted by molar-refractivity contribution is -0.116. The van der Waals surface area contributed by atoms with Gasteiger partial charge in [-0.3, -0.25) is 4.79 Å². The highest BCUT2D eigenvalue weighted by atomic mass is 32.1. The molecule has 2 heterocycles. The first kappa shape index (κ1) is 16.0. The minimum absolute atomic E-state index is 0.0694. The summed E-state index contributed by atoms with van der Waals surface area (Å²) in [6, 6.07) is 6.69. The smallest absolute Gasteiger partial charge is 0.224 e. The van der Waals surface area contributed by atoms with Gasteiger partial charge in [0.25, 0.3) is 0 Å². The fraction of sp³-hybridized carbons (Fsp3) is 0.389. The summed E-state index contributed by atoms with van der Waals surface area (Å²) >= 11 is 1.63. The Kier molecular flexibility index (Phi) is 5.28. The normalized spacial score (nSPS) is 14.7. The molecule has 3 rings (SSSR count). The molecule has 1 fully saturated rings. The lowest BCUT2D eigenvalue weighted by Gasteiger charge is -2.30. The zero-order valence-corrected chi connectivity index (χ0v) is 13.9. The van der Waals surface area contributed by atoms with Gasteiger partial charge in [0.1, 0.15) is 5.82 Å². The zero-order valence-electron chi connectivity index (χ0n) is 13.1. The molecular weight excluding hydrogens is 311 g/mol. The predicted octanol–water partition coefficient (Wildman–Crippen LogP) is 4.45. The Morgan fingerprint density at radius 2 is 2.04 bits per heavy atom. The molecular formula is C18H21FN2OS. The molecule has 0 radical (unpaired) electrons. The van der Waals surface area contributed by atoms with Crippen molar-refractivity contribution in [1.29, 1.82) is 0 Å². The van der Waals surface area contributed by atoms with Gasteiger partial charge in [-0.2, -0.15) is 11.3 Å². The number of hydrogen-bond acceptors (Lipinski definition) is 3. The van der Waals surface area contributed by atoms with Crippen LogP contribution in [0.25, 0.3) is 0 Å². The molecule has 0 saturated carbocycles. The van der Waals surface area contributed by atoms with Crippen LogP contribution in [0.2, 0.25) is 0 Å². The van der Waals surface area contributed by atoms with E-state index < -0.39 is 0 Å². The maximum atomic E-state index is 13.6. The predicted molar refractivity (Wildman–Crippen MR) is 93.7 cm³/mol. The van der Waals surface area contributed by atoms with Crippen LogP contribution in [-0.4, -0.2) is 19.0 Å². The van der Waals surface area contributed by atoms with Crippen LogP contribution in [-0.2, 0) is 11.2 Å². The van der Waals surface area contributed by atoms with Crippen LogP contribution >= 0.6 is 11.3 Å². The van der Waals surface area contributed by atoms with E-state index in [1.54, 1.807) is 17.4 Å². The van der Waals surface area contributed by atoms with E-state index in [1.165, 1.54) is 24.1 Å². The summed E-state index contributed by atoms with van der Waals surface area (Å²) in [5.74, 6) is -0.390. The van der Waals surface area contributed by atoms with Crippen LogP contribution < -0.4 is 10.2 Å². The van der Waals surface area contributed by atoms with E-state index in [4.69, 9.17) is 0 Å². The highest BCUT2D eigenvalue weighted by Crippen LogP contribution is 2.29.